The van der Waals surface area contributed by atoms with Gasteiger partial charge in [0.15, 0.2) is 5.82 Å². The number of rotatable bonds is 5. The van der Waals surface area contributed by atoms with E-state index in [2.05, 4.69) is 34.0 Å². The van der Waals surface area contributed by atoms with Gasteiger partial charge in [0.25, 0.3) is 0 Å². The number of nitrogens with one attached hydrogen (secondary N) is 1. The quantitative estimate of drug-likeness (QED) is 0.257. The summed E-state index contributed by atoms with van der Waals surface area (Å²) in [4.78, 5) is 18.1. The van der Waals surface area contributed by atoms with Crippen molar-refractivity contribution >= 4 is 22.4 Å². The Bertz CT molecular complexity index is 1700. The van der Waals surface area contributed by atoms with Crippen LogP contribution in [0.2, 0.25) is 0 Å². The Morgan fingerprint density at radius 3 is 2.64 bits per heavy atom. The van der Waals surface area contributed by atoms with Crippen LogP contribution >= 0.6 is 0 Å². The van der Waals surface area contributed by atoms with Crippen LogP contribution in [0.25, 0.3) is 22.2 Å². The van der Waals surface area contributed by atoms with Crippen LogP contribution in [0.4, 0.5) is 33.5 Å². The molecule has 3 saturated heterocycles. The molecule has 3 aromatic rings. The summed E-state index contributed by atoms with van der Waals surface area (Å²) < 4.78 is 87.2. The van der Waals surface area contributed by atoms with E-state index in [1.54, 1.807) is 0 Å². The van der Waals surface area contributed by atoms with Crippen LogP contribution < -0.4 is 25.4 Å². The number of ether oxygens (including phenoxy) is 2. The van der Waals surface area contributed by atoms with E-state index >= 15 is 4.39 Å². The summed E-state index contributed by atoms with van der Waals surface area (Å²) in [6.45, 7) is 9.47. The molecule has 6 heterocycles. The first-order chi connectivity index (χ1) is 22.3. The maximum Gasteiger partial charge on any atom is 0.417 e. The second-order valence-electron chi connectivity index (χ2n) is 13.6. The summed E-state index contributed by atoms with van der Waals surface area (Å²) in [6, 6.07) is 1.22. The molecule has 6 atom stereocenters. The van der Waals surface area contributed by atoms with Crippen LogP contribution in [-0.4, -0.2) is 76.4 Å². The monoisotopic (exact) mass is 661 g/mol. The van der Waals surface area contributed by atoms with Crippen molar-refractivity contribution in [1.82, 2.24) is 25.2 Å². The third-order valence-electron chi connectivity index (χ3n) is 10.5. The lowest BCUT2D eigenvalue weighted by atomic mass is 9.93. The average Bonchev–Trinajstić information content (AvgIpc) is 3.39. The van der Waals surface area contributed by atoms with Gasteiger partial charge in [-0.1, -0.05) is 13.8 Å². The number of aromatic nitrogens is 3. The van der Waals surface area contributed by atoms with Gasteiger partial charge in [-0.05, 0) is 70.0 Å². The Morgan fingerprint density at radius 2 is 1.89 bits per heavy atom. The molecule has 0 radical (unpaired) electrons. The number of halogens is 5. The summed E-state index contributed by atoms with van der Waals surface area (Å²) in [7, 11) is 0. The van der Waals surface area contributed by atoms with Gasteiger partial charge in [-0.25, -0.2) is 13.8 Å². The highest BCUT2D eigenvalue weighted by molar-refractivity contribution is 5.97. The van der Waals surface area contributed by atoms with E-state index in [1.807, 2.05) is 11.8 Å². The highest BCUT2D eigenvalue weighted by Gasteiger charge is 2.42. The molecule has 254 valence electrons. The molecule has 47 heavy (non-hydrogen) atoms. The molecule has 0 aliphatic carbocycles. The summed E-state index contributed by atoms with van der Waals surface area (Å²) in [5, 5.41) is 3.66. The van der Waals surface area contributed by atoms with Crippen molar-refractivity contribution < 1.29 is 31.4 Å². The summed E-state index contributed by atoms with van der Waals surface area (Å²) in [5.41, 5.74) is 1.43. The smallest absolute Gasteiger partial charge is 0.417 e. The predicted octanol–water partition coefficient (Wildman–Crippen LogP) is 5.86. The number of hydrogen-bond acceptors (Lipinski definition) is 9. The van der Waals surface area contributed by atoms with Crippen molar-refractivity contribution in [2.24, 2.45) is 5.92 Å². The van der Waals surface area contributed by atoms with Crippen LogP contribution in [0.5, 0.6) is 11.9 Å². The first kappa shape index (κ1) is 32.0. The fourth-order valence-corrected chi connectivity index (χ4v) is 7.97. The number of anilines is 2. The Morgan fingerprint density at radius 1 is 1.11 bits per heavy atom. The molecule has 4 aliphatic rings. The highest BCUT2D eigenvalue weighted by atomic mass is 19.4. The largest absolute Gasteiger partial charge is 0.472 e. The maximum atomic E-state index is 16.8. The Balaban J connectivity index is 1.38. The molecule has 3 N–H and O–H groups in total. The zero-order valence-electron chi connectivity index (χ0n) is 26.9. The van der Waals surface area contributed by atoms with E-state index in [0.29, 0.717) is 37.5 Å². The molecule has 0 unspecified atom stereocenters. The van der Waals surface area contributed by atoms with Gasteiger partial charge in [0.05, 0.1) is 17.3 Å². The number of benzene rings is 1. The normalized spacial score (nSPS) is 27.7. The van der Waals surface area contributed by atoms with Gasteiger partial charge < -0.3 is 25.4 Å². The number of piperidine rings is 1. The lowest BCUT2D eigenvalue weighted by Crippen LogP contribution is -2.60. The molecule has 0 amide bonds. The van der Waals surface area contributed by atoms with E-state index in [0.717, 1.165) is 51.6 Å². The minimum Gasteiger partial charge on any atom is -0.472 e. The van der Waals surface area contributed by atoms with E-state index in [1.165, 1.54) is 0 Å². The summed E-state index contributed by atoms with van der Waals surface area (Å²) in [5.74, 6) is -1.43. The van der Waals surface area contributed by atoms with Crippen molar-refractivity contribution in [1.29, 1.82) is 0 Å². The zero-order chi connectivity index (χ0) is 33.4. The molecule has 4 aliphatic heterocycles. The predicted molar refractivity (Wildman–Crippen MR) is 168 cm³/mol. The van der Waals surface area contributed by atoms with Crippen molar-refractivity contribution in [2.45, 2.75) is 96.2 Å². The van der Waals surface area contributed by atoms with Gasteiger partial charge in [0.1, 0.15) is 40.9 Å². The Labute approximate surface area is 270 Å². The van der Waals surface area contributed by atoms with Crippen LogP contribution in [0, 0.1) is 24.5 Å². The first-order valence-corrected chi connectivity index (χ1v) is 16.5. The molecule has 1 aromatic carbocycles. The van der Waals surface area contributed by atoms with Gasteiger partial charge in [-0.3, -0.25) is 4.90 Å². The Kier molecular flexibility index (Phi) is 8.09. The molecule has 2 aromatic heterocycles. The van der Waals surface area contributed by atoms with E-state index in [-0.39, 0.29) is 40.9 Å². The van der Waals surface area contributed by atoms with Gasteiger partial charge in [-0.2, -0.15) is 23.1 Å². The number of fused-ring (bicyclic) bond motifs is 3. The third-order valence-corrected chi connectivity index (χ3v) is 10.5. The lowest BCUT2D eigenvalue weighted by Gasteiger charge is -2.42. The van der Waals surface area contributed by atoms with Crippen LogP contribution in [0.1, 0.15) is 64.0 Å². The van der Waals surface area contributed by atoms with Crippen LogP contribution in [0.3, 0.4) is 0 Å². The molecule has 7 rings (SSSR count). The second-order valence-corrected chi connectivity index (χ2v) is 13.6. The number of nitrogens with two attached hydrogens (primary N) is 1. The fourth-order valence-electron chi connectivity index (χ4n) is 7.97. The molecule has 9 nitrogen and oxygen atoms in total. The Hall–Kier alpha value is -3.52. The highest BCUT2D eigenvalue weighted by Crippen LogP contribution is 2.46. The number of pyridine rings is 1. The molecule has 3 fully saturated rings. The van der Waals surface area contributed by atoms with Crippen molar-refractivity contribution in [2.75, 3.05) is 36.9 Å². The van der Waals surface area contributed by atoms with Crippen molar-refractivity contribution in [3.8, 4) is 23.1 Å². The molecule has 14 heteroatoms. The molecule has 0 saturated carbocycles. The van der Waals surface area contributed by atoms with E-state index < -0.39 is 52.0 Å². The zero-order valence-corrected chi connectivity index (χ0v) is 26.9. The minimum absolute atomic E-state index is 0.0749. The number of nitrogens with zero attached hydrogens (tertiary/aromatic N) is 5. The summed E-state index contributed by atoms with van der Waals surface area (Å²) >= 11 is 0. The number of alkyl halides is 3. The maximum absolute atomic E-state index is 16.8. The number of piperazine rings is 1. The summed E-state index contributed by atoms with van der Waals surface area (Å²) in [6.07, 6.45) is -0.416. The third kappa shape index (κ3) is 5.50. The van der Waals surface area contributed by atoms with Crippen molar-refractivity contribution in [3.05, 3.63) is 28.8 Å². The van der Waals surface area contributed by atoms with Gasteiger partial charge in [-0.15, -0.1) is 0 Å². The minimum atomic E-state index is -5.03. The second kappa shape index (κ2) is 11.9. The van der Waals surface area contributed by atoms with Crippen LogP contribution in [-0.2, 0) is 6.18 Å². The lowest BCUT2D eigenvalue weighted by molar-refractivity contribution is -0.137. The van der Waals surface area contributed by atoms with E-state index in [9.17, 15) is 17.6 Å². The number of hydrogen-bond donors (Lipinski definition) is 2. The SMILES string of the molecule is CC[C@@H]1CN2c3nc(OC[C@@H]4CC[C@H]5C[C@H](C)CCN45)nc4c(F)c(-c5cc(N)c(F)c(C)c5C(F)(F)F)nc(c34)O[C@@H](C)[C@@H]2CN1. The number of nitrogen functional groups attached to an aromatic ring is 1. The van der Waals surface area contributed by atoms with Crippen molar-refractivity contribution in [3.63, 3.8) is 0 Å². The topological polar surface area (TPSA) is 102 Å². The average molecular weight is 662 g/mol. The fraction of sp³-hybridized carbons (Fsp3) is 0.606. The van der Waals surface area contributed by atoms with E-state index in [4.69, 9.17) is 20.2 Å². The first-order valence-electron chi connectivity index (χ1n) is 16.5. The van der Waals surface area contributed by atoms with Gasteiger partial charge >= 0.3 is 12.2 Å². The molecule has 0 bridgehead atoms. The van der Waals surface area contributed by atoms with Gasteiger partial charge in [0, 0.05) is 36.8 Å². The molecule has 0 spiro atoms. The molecular weight excluding hydrogens is 621 g/mol. The van der Waals surface area contributed by atoms with Gasteiger partial charge in [0.2, 0.25) is 5.88 Å². The standard InChI is InChI=1S/C33H40F5N7O2/c1-5-18-13-45-23(12-40-18)17(4)47-31-24-29(27(35)28(41-31)21-11-22(39)26(34)16(3)25(21)33(36,37)38)42-32(43-30(24)45)46-14-20-7-6-19-10-15(2)8-9-44(19)20/h11,15,17-20,23,40H,5-10,12-14,39H2,1-4H3/t15-,17+,18-,19+,20+,23+/m1/s1. The van der Waals surface area contributed by atoms with Crippen LogP contribution in [0.15, 0.2) is 6.07 Å². The molecular formula is C33H40F5N7O2.